The Bertz CT molecular complexity index is 537. The Hall–Kier alpha value is -2.50. The van der Waals surface area contributed by atoms with Gasteiger partial charge in [-0.15, -0.1) is 0 Å². The molecule has 0 bridgehead atoms. The molecule has 94 valence electrons. The number of ether oxygens (including phenoxy) is 1. The van der Waals surface area contributed by atoms with Crippen molar-refractivity contribution in [3.05, 3.63) is 52.5 Å². The SMILES string of the molecule is COc1ccc(NCc2ccoc2)cc1[N+](=O)[O-]. The molecule has 0 saturated heterocycles. The van der Waals surface area contributed by atoms with E-state index in [1.807, 2.05) is 6.07 Å². The molecule has 0 aliphatic heterocycles. The third-order valence-corrected chi connectivity index (χ3v) is 2.45. The van der Waals surface area contributed by atoms with E-state index < -0.39 is 4.92 Å². The zero-order valence-corrected chi connectivity index (χ0v) is 9.75. The number of nitrogens with zero attached hydrogens (tertiary/aromatic N) is 1. The summed E-state index contributed by atoms with van der Waals surface area (Å²) in [5.41, 5.74) is 1.56. The van der Waals surface area contributed by atoms with Crippen molar-refractivity contribution in [2.24, 2.45) is 0 Å². The Morgan fingerprint density at radius 3 is 2.89 bits per heavy atom. The van der Waals surface area contributed by atoms with Gasteiger partial charge in [-0.2, -0.15) is 0 Å². The number of hydrogen-bond donors (Lipinski definition) is 1. The Morgan fingerprint density at radius 2 is 2.28 bits per heavy atom. The van der Waals surface area contributed by atoms with Crippen molar-refractivity contribution in [1.29, 1.82) is 0 Å². The zero-order valence-electron chi connectivity index (χ0n) is 9.75. The highest BCUT2D eigenvalue weighted by atomic mass is 16.6. The van der Waals surface area contributed by atoms with Crippen LogP contribution in [-0.4, -0.2) is 12.0 Å². The molecule has 0 atom stereocenters. The quantitative estimate of drug-likeness (QED) is 0.650. The van der Waals surface area contributed by atoms with E-state index in [1.54, 1.807) is 24.7 Å². The second kappa shape index (κ2) is 5.22. The maximum Gasteiger partial charge on any atom is 0.312 e. The lowest BCUT2D eigenvalue weighted by Gasteiger charge is -2.06. The van der Waals surface area contributed by atoms with Crippen LogP contribution in [-0.2, 0) is 6.54 Å². The third kappa shape index (κ3) is 2.60. The molecule has 0 amide bonds. The number of anilines is 1. The van der Waals surface area contributed by atoms with Gasteiger partial charge >= 0.3 is 5.69 Å². The van der Waals surface area contributed by atoms with E-state index >= 15 is 0 Å². The fourth-order valence-electron chi connectivity index (χ4n) is 1.54. The molecular weight excluding hydrogens is 236 g/mol. The van der Waals surface area contributed by atoms with Gasteiger partial charge in [0.15, 0.2) is 5.75 Å². The first kappa shape index (κ1) is 12.0. The number of furan rings is 1. The predicted octanol–water partition coefficient (Wildman–Crippen LogP) is 2.81. The fourth-order valence-corrected chi connectivity index (χ4v) is 1.54. The van der Waals surface area contributed by atoms with Crippen molar-refractivity contribution < 1.29 is 14.1 Å². The first-order valence-corrected chi connectivity index (χ1v) is 5.28. The minimum Gasteiger partial charge on any atom is -0.490 e. The van der Waals surface area contributed by atoms with Gasteiger partial charge in [-0.3, -0.25) is 10.1 Å². The molecular formula is C12H12N2O4. The molecule has 2 aromatic rings. The van der Waals surface area contributed by atoms with Gasteiger partial charge in [0.1, 0.15) is 0 Å². The van der Waals surface area contributed by atoms with Crippen LogP contribution < -0.4 is 10.1 Å². The lowest BCUT2D eigenvalue weighted by molar-refractivity contribution is -0.385. The molecule has 0 aliphatic carbocycles. The molecule has 0 fully saturated rings. The Balaban J connectivity index is 2.14. The number of hydrogen-bond acceptors (Lipinski definition) is 5. The number of rotatable bonds is 5. The number of nitro benzene ring substituents is 1. The van der Waals surface area contributed by atoms with E-state index in [4.69, 9.17) is 9.15 Å². The summed E-state index contributed by atoms with van der Waals surface area (Å²) < 4.78 is 9.86. The van der Waals surface area contributed by atoms with E-state index in [0.29, 0.717) is 12.2 Å². The summed E-state index contributed by atoms with van der Waals surface area (Å²) in [6.07, 6.45) is 3.19. The normalized spacial score (nSPS) is 10.1. The summed E-state index contributed by atoms with van der Waals surface area (Å²) in [4.78, 5) is 10.4. The summed E-state index contributed by atoms with van der Waals surface area (Å²) in [6.45, 7) is 0.542. The second-order valence-corrected chi connectivity index (χ2v) is 3.63. The molecule has 2 rings (SSSR count). The van der Waals surface area contributed by atoms with Crippen LogP contribution in [0.5, 0.6) is 5.75 Å². The molecule has 6 nitrogen and oxygen atoms in total. The van der Waals surface area contributed by atoms with Gasteiger partial charge in [-0.25, -0.2) is 0 Å². The summed E-state index contributed by atoms with van der Waals surface area (Å²) in [6, 6.07) is 6.56. The van der Waals surface area contributed by atoms with Crippen molar-refractivity contribution in [3.8, 4) is 5.75 Å². The Morgan fingerprint density at radius 1 is 1.44 bits per heavy atom. The Labute approximate surface area is 103 Å². The first-order valence-electron chi connectivity index (χ1n) is 5.28. The van der Waals surface area contributed by atoms with Crippen molar-refractivity contribution in [1.82, 2.24) is 0 Å². The summed E-state index contributed by atoms with van der Waals surface area (Å²) >= 11 is 0. The minimum atomic E-state index is -0.470. The van der Waals surface area contributed by atoms with E-state index in [0.717, 1.165) is 5.56 Å². The summed E-state index contributed by atoms with van der Waals surface area (Å²) in [5, 5.41) is 13.9. The van der Waals surface area contributed by atoms with Crippen molar-refractivity contribution in [3.63, 3.8) is 0 Å². The van der Waals surface area contributed by atoms with Crippen LogP contribution in [0.15, 0.2) is 41.2 Å². The molecule has 1 N–H and O–H groups in total. The van der Waals surface area contributed by atoms with Gasteiger partial charge in [-0.05, 0) is 18.2 Å². The van der Waals surface area contributed by atoms with Crippen LogP contribution in [0.2, 0.25) is 0 Å². The van der Waals surface area contributed by atoms with E-state index in [1.165, 1.54) is 13.2 Å². The maximum absolute atomic E-state index is 10.8. The van der Waals surface area contributed by atoms with Gasteiger partial charge in [0.2, 0.25) is 0 Å². The van der Waals surface area contributed by atoms with E-state index in [9.17, 15) is 10.1 Å². The molecule has 6 heteroatoms. The van der Waals surface area contributed by atoms with Gasteiger partial charge in [0, 0.05) is 23.9 Å². The zero-order chi connectivity index (χ0) is 13.0. The monoisotopic (exact) mass is 248 g/mol. The van der Waals surface area contributed by atoms with Crippen molar-refractivity contribution >= 4 is 11.4 Å². The van der Waals surface area contributed by atoms with Crippen LogP contribution in [0.25, 0.3) is 0 Å². The first-order chi connectivity index (χ1) is 8.70. The molecule has 0 saturated carbocycles. The smallest absolute Gasteiger partial charge is 0.312 e. The molecule has 1 aromatic carbocycles. The topological polar surface area (TPSA) is 77.5 Å². The molecule has 18 heavy (non-hydrogen) atoms. The molecule has 1 heterocycles. The lowest BCUT2D eigenvalue weighted by atomic mass is 10.2. The summed E-state index contributed by atoms with van der Waals surface area (Å²) in [5.74, 6) is 0.244. The van der Waals surface area contributed by atoms with Gasteiger partial charge in [0.25, 0.3) is 0 Å². The van der Waals surface area contributed by atoms with Crippen molar-refractivity contribution in [2.75, 3.05) is 12.4 Å². The average Bonchev–Trinajstić information content (AvgIpc) is 2.89. The predicted molar refractivity (Wildman–Crippen MR) is 65.7 cm³/mol. The number of benzene rings is 1. The van der Waals surface area contributed by atoms with E-state index in [-0.39, 0.29) is 11.4 Å². The molecule has 0 unspecified atom stereocenters. The molecule has 0 radical (unpaired) electrons. The molecule has 1 aromatic heterocycles. The standard InChI is InChI=1S/C12H12N2O4/c1-17-12-3-2-10(6-11(12)14(15)16)13-7-9-4-5-18-8-9/h2-6,8,13H,7H2,1H3. The van der Waals surface area contributed by atoms with Crippen LogP contribution in [0, 0.1) is 10.1 Å². The highest BCUT2D eigenvalue weighted by Gasteiger charge is 2.14. The van der Waals surface area contributed by atoms with Crippen LogP contribution in [0.4, 0.5) is 11.4 Å². The molecule has 0 aliphatic rings. The van der Waals surface area contributed by atoms with E-state index in [2.05, 4.69) is 5.32 Å². The van der Waals surface area contributed by atoms with Gasteiger partial charge in [-0.1, -0.05) is 0 Å². The summed E-state index contributed by atoms with van der Waals surface area (Å²) in [7, 11) is 1.40. The van der Waals surface area contributed by atoms with Crippen LogP contribution >= 0.6 is 0 Å². The Kier molecular flexibility index (Phi) is 3.47. The van der Waals surface area contributed by atoms with Crippen LogP contribution in [0.3, 0.4) is 0 Å². The largest absolute Gasteiger partial charge is 0.490 e. The molecule has 0 spiro atoms. The average molecular weight is 248 g/mol. The van der Waals surface area contributed by atoms with Gasteiger partial charge < -0.3 is 14.5 Å². The van der Waals surface area contributed by atoms with Crippen molar-refractivity contribution in [2.45, 2.75) is 6.54 Å². The lowest BCUT2D eigenvalue weighted by Crippen LogP contribution is -2.00. The maximum atomic E-state index is 10.8. The number of nitro groups is 1. The fraction of sp³-hybridized carbons (Fsp3) is 0.167. The second-order valence-electron chi connectivity index (χ2n) is 3.63. The number of methoxy groups -OCH3 is 1. The third-order valence-electron chi connectivity index (χ3n) is 2.45. The number of nitrogens with one attached hydrogen (secondary N) is 1. The van der Waals surface area contributed by atoms with Crippen LogP contribution in [0.1, 0.15) is 5.56 Å². The highest BCUT2D eigenvalue weighted by Crippen LogP contribution is 2.29. The van der Waals surface area contributed by atoms with Gasteiger partial charge in [0.05, 0.1) is 24.6 Å². The minimum absolute atomic E-state index is 0.0605. The highest BCUT2D eigenvalue weighted by molar-refractivity contribution is 5.58.